The van der Waals surface area contributed by atoms with Gasteiger partial charge in [0, 0.05) is 42.4 Å². The van der Waals surface area contributed by atoms with Gasteiger partial charge in [-0.2, -0.15) is 0 Å². The Hall–Kier alpha value is -2.69. The minimum Gasteiger partial charge on any atom is -0.471 e. The van der Waals surface area contributed by atoms with Crippen LogP contribution in [0, 0.1) is 0 Å². The number of H-pyrrole nitrogens is 1. The van der Waals surface area contributed by atoms with Gasteiger partial charge in [0.15, 0.2) is 0 Å². The zero-order valence-corrected chi connectivity index (χ0v) is 16.2. The first-order valence-electron chi connectivity index (χ1n) is 8.76. The van der Waals surface area contributed by atoms with Crippen molar-refractivity contribution in [1.29, 1.82) is 0 Å². The number of nitrogens with one attached hydrogen (secondary N) is 2. The van der Waals surface area contributed by atoms with Gasteiger partial charge in [0.05, 0.1) is 19.4 Å². The zero-order valence-electron chi connectivity index (χ0n) is 15.4. The summed E-state index contributed by atoms with van der Waals surface area (Å²) in [6.07, 6.45) is 5.15. The second-order valence-electron chi connectivity index (χ2n) is 6.56. The summed E-state index contributed by atoms with van der Waals surface area (Å²) in [5.41, 5.74) is 1.38. The molecule has 1 saturated heterocycles. The minimum absolute atomic E-state index is 0.0116. The van der Waals surface area contributed by atoms with E-state index in [1.165, 1.54) is 23.9 Å². The molecule has 0 saturated carbocycles. The Labute approximate surface area is 161 Å². The number of nitrogens with zero attached hydrogens (tertiary/aromatic N) is 2. The molecule has 0 aromatic carbocycles. The normalized spacial score (nSPS) is 17.3. The lowest BCUT2D eigenvalue weighted by Gasteiger charge is -2.16. The van der Waals surface area contributed by atoms with E-state index in [0.717, 1.165) is 6.42 Å². The van der Waals surface area contributed by atoms with Crippen LogP contribution in [0.4, 0.5) is 0 Å². The van der Waals surface area contributed by atoms with Gasteiger partial charge in [0.2, 0.25) is 15.9 Å². The SMILES string of the molecule is CNS(=O)(=O)c1cnc(OC2CCOC2)c(-c2cn(C)c(=O)c3[nH]ccc23)c1. The van der Waals surface area contributed by atoms with Crippen LogP contribution in [0.1, 0.15) is 6.42 Å². The zero-order chi connectivity index (χ0) is 19.9. The fourth-order valence-corrected chi connectivity index (χ4v) is 3.93. The molecule has 148 valence electrons. The van der Waals surface area contributed by atoms with Crippen molar-refractivity contribution in [3.63, 3.8) is 0 Å². The topological polar surface area (TPSA) is 115 Å². The van der Waals surface area contributed by atoms with E-state index >= 15 is 0 Å². The second-order valence-corrected chi connectivity index (χ2v) is 8.45. The lowest BCUT2D eigenvalue weighted by molar-refractivity contribution is 0.138. The number of hydrogen-bond acceptors (Lipinski definition) is 6. The van der Waals surface area contributed by atoms with E-state index in [1.54, 1.807) is 25.5 Å². The summed E-state index contributed by atoms with van der Waals surface area (Å²) in [6.45, 7) is 1.05. The van der Waals surface area contributed by atoms with Gasteiger partial charge in [0.1, 0.15) is 16.5 Å². The lowest BCUT2D eigenvalue weighted by atomic mass is 10.1. The maximum atomic E-state index is 12.4. The van der Waals surface area contributed by atoms with Crippen molar-refractivity contribution in [2.75, 3.05) is 20.3 Å². The Morgan fingerprint density at radius 1 is 1.39 bits per heavy atom. The third kappa shape index (κ3) is 3.19. The molecular weight excluding hydrogens is 384 g/mol. The van der Waals surface area contributed by atoms with E-state index in [4.69, 9.17) is 9.47 Å². The Balaban J connectivity index is 1.95. The van der Waals surface area contributed by atoms with Crippen molar-refractivity contribution in [3.05, 3.63) is 41.1 Å². The Bertz CT molecular complexity index is 1190. The molecule has 0 amide bonds. The van der Waals surface area contributed by atoms with E-state index in [9.17, 15) is 13.2 Å². The van der Waals surface area contributed by atoms with Gasteiger partial charge in [-0.15, -0.1) is 0 Å². The van der Waals surface area contributed by atoms with E-state index in [0.29, 0.717) is 41.1 Å². The van der Waals surface area contributed by atoms with Crippen LogP contribution in [0.5, 0.6) is 5.88 Å². The van der Waals surface area contributed by atoms with Gasteiger partial charge in [0.25, 0.3) is 5.56 Å². The third-order valence-corrected chi connectivity index (χ3v) is 6.14. The highest BCUT2D eigenvalue weighted by atomic mass is 32.2. The molecule has 1 aliphatic rings. The summed E-state index contributed by atoms with van der Waals surface area (Å²) in [4.78, 5) is 19.6. The van der Waals surface area contributed by atoms with E-state index in [-0.39, 0.29) is 16.6 Å². The maximum absolute atomic E-state index is 12.4. The number of aryl methyl sites for hydroxylation is 1. The second kappa shape index (κ2) is 7.04. The quantitative estimate of drug-likeness (QED) is 0.656. The molecule has 9 nitrogen and oxygen atoms in total. The summed E-state index contributed by atoms with van der Waals surface area (Å²) < 4.78 is 39.7. The lowest BCUT2D eigenvalue weighted by Crippen LogP contribution is -2.21. The maximum Gasteiger partial charge on any atom is 0.274 e. The number of rotatable bonds is 5. The van der Waals surface area contributed by atoms with Crippen molar-refractivity contribution in [2.24, 2.45) is 7.05 Å². The minimum atomic E-state index is -3.70. The highest BCUT2D eigenvalue weighted by Gasteiger charge is 2.24. The van der Waals surface area contributed by atoms with Gasteiger partial charge in [-0.1, -0.05) is 0 Å². The molecule has 0 spiro atoms. The first kappa shape index (κ1) is 18.7. The number of sulfonamides is 1. The molecule has 28 heavy (non-hydrogen) atoms. The van der Waals surface area contributed by atoms with Gasteiger partial charge in [-0.25, -0.2) is 18.1 Å². The van der Waals surface area contributed by atoms with Crippen LogP contribution >= 0.6 is 0 Å². The molecule has 1 unspecified atom stereocenters. The van der Waals surface area contributed by atoms with Gasteiger partial charge < -0.3 is 19.0 Å². The Morgan fingerprint density at radius 3 is 2.93 bits per heavy atom. The average Bonchev–Trinajstić information content (AvgIpc) is 3.37. The predicted octanol–water partition coefficient (Wildman–Crippen LogP) is 1.00. The largest absolute Gasteiger partial charge is 0.471 e. The molecule has 2 N–H and O–H groups in total. The number of aromatic nitrogens is 3. The van der Waals surface area contributed by atoms with Crippen molar-refractivity contribution in [3.8, 4) is 17.0 Å². The molecule has 0 radical (unpaired) electrons. The number of ether oxygens (including phenoxy) is 2. The fraction of sp³-hybridized carbons (Fsp3) is 0.333. The van der Waals surface area contributed by atoms with Crippen LogP contribution in [0.15, 0.2) is 40.4 Å². The summed E-state index contributed by atoms with van der Waals surface area (Å²) in [6, 6.07) is 3.28. The van der Waals surface area contributed by atoms with Crippen LogP contribution in [-0.4, -0.2) is 49.3 Å². The standard InChI is InChI=1S/C18H20N4O5S/c1-19-28(24,25)12-7-14(17(21-8-12)27-11-4-6-26-10-11)15-9-22(2)18(23)16-13(15)3-5-20-16/h3,5,7-9,11,19-20H,4,6,10H2,1-2H3. The van der Waals surface area contributed by atoms with Crippen LogP contribution in [0.25, 0.3) is 22.0 Å². The highest BCUT2D eigenvalue weighted by Crippen LogP contribution is 2.35. The van der Waals surface area contributed by atoms with Gasteiger partial charge >= 0.3 is 0 Å². The van der Waals surface area contributed by atoms with Crippen molar-refractivity contribution in [1.82, 2.24) is 19.3 Å². The summed E-state index contributed by atoms with van der Waals surface area (Å²) in [5.74, 6) is 0.298. The monoisotopic (exact) mass is 404 g/mol. The molecule has 0 aliphatic carbocycles. The third-order valence-electron chi connectivity index (χ3n) is 4.76. The number of pyridine rings is 2. The van der Waals surface area contributed by atoms with Crippen molar-refractivity contribution >= 4 is 20.9 Å². The molecular formula is C18H20N4O5S. The van der Waals surface area contributed by atoms with Crippen molar-refractivity contribution in [2.45, 2.75) is 17.4 Å². The first-order valence-corrected chi connectivity index (χ1v) is 10.2. The Kier molecular flexibility index (Phi) is 4.69. The van der Waals surface area contributed by atoms with Crippen LogP contribution in [-0.2, 0) is 21.8 Å². The molecule has 4 heterocycles. The van der Waals surface area contributed by atoms with E-state index in [1.807, 2.05) is 0 Å². The van der Waals surface area contributed by atoms with Crippen LogP contribution < -0.4 is 15.0 Å². The predicted molar refractivity (Wildman–Crippen MR) is 103 cm³/mol. The smallest absolute Gasteiger partial charge is 0.274 e. The molecule has 4 rings (SSSR count). The van der Waals surface area contributed by atoms with Crippen LogP contribution in [0.3, 0.4) is 0 Å². The molecule has 1 aliphatic heterocycles. The summed E-state index contributed by atoms with van der Waals surface area (Å²) in [7, 11) is -0.723. The summed E-state index contributed by atoms with van der Waals surface area (Å²) >= 11 is 0. The number of hydrogen-bond donors (Lipinski definition) is 2. The molecule has 1 fully saturated rings. The van der Waals surface area contributed by atoms with E-state index in [2.05, 4.69) is 14.7 Å². The van der Waals surface area contributed by atoms with Crippen LogP contribution in [0.2, 0.25) is 0 Å². The summed E-state index contributed by atoms with van der Waals surface area (Å²) in [5, 5.41) is 0.663. The molecule has 10 heteroatoms. The molecule has 1 atom stereocenters. The molecule has 0 bridgehead atoms. The van der Waals surface area contributed by atoms with E-state index < -0.39 is 10.0 Å². The van der Waals surface area contributed by atoms with Crippen molar-refractivity contribution < 1.29 is 17.9 Å². The average molecular weight is 404 g/mol. The molecule has 3 aromatic rings. The first-order chi connectivity index (χ1) is 13.4. The van der Waals surface area contributed by atoms with Gasteiger partial charge in [-0.3, -0.25) is 4.79 Å². The Morgan fingerprint density at radius 2 is 2.21 bits per heavy atom. The highest BCUT2D eigenvalue weighted by molar-refractivity contribution is 7.89. The van der Waals surface area contributed by atoms with Gasteiger partial charge in [-0.05, 0) is 19.2 Å². The number of fused-ring (bicyclic) bond motifs is 1. The fourth-order valence-electron chi connectivity index (χ4n) is 3.23. The number of aromatic amines is 1. The molecule has 3 aromatic heterocycles.